The van der Waals surface area contributed by atoms with Crippen LogP contribution in [0.1, 0.15) is 25.7 Å². The third-order valence-corrected chi connectivity index (χ3v) is 3.67. The van der Waals surface area contributed by atoms with Crippen molar-refractivity contribution in [3.63, 3.8) is 0 Å². The summed E-state index contributed by atoms with van der Waals surface area (Å²) in [7, 11) is 0. The number of carbonyl (C=O) groups excluding carboxylic acids is 1. The van der Waals surface area contributed by atoms with Crippen LogP contribution < -0.4 is 10.6 Å². The molecule has 3 nitrogen and oxygen atoms in total. The molecule has 0 radical (unpaired) electrons. The number of hydrogen-bond donors (Lipinski definition) is 2. The zero-order valence-electron chi connectivity index (χ0n) is 9.71. The van der Waals surface area contributed by atoms with Gasteiger partial charge in [0.05, 0.1) is 6.54 Å². The second-order valence-corrected chi connectivity index (χ2v) is 5.66. The van der Waals surface area contributed by atoms with Gasteiger partial charge in [0.1, 0.15) is 0 Å². The maximum atomic E-state index is 11.7. The average molecular weight is 344 g/mol. The second kappa shape index (κ2) is 6.23. The van der Waals surface area contributed by atoms with Gasteiger partial charge in [-0.05, 0) is 53.6 Å². The number of nitrogens with one attached hydrogen (secondary N) is 2. The van der Waals surface area contributed by atoms with Crippen molar-refractivity contribution in [1.29, 1.82) is 0 Å². The first-order valence-corrected chi connectivity index (χ1v) is 7.11. The maximum absolute atomic E-state index is 11.7. The normalized spacial score (nSPS) is 15.8. The monoisotopic (exact) mass is 344 g/mol. The summed E-state index contributed by atoms with van der Waals surface area (Å²) in [5.74, 6) is 0.0933. The average Bonchev–Trinajstić information content (AvgIpc) is 2.79. The zero-order valence-corrected chi connectivity index (χ0v) is 11.9. The maximum Gasteiger partial charge on any atom is 0.239 e. The van der Waals surface area contributed by atoms with Crippen molar-refractivity contribution in [3.05, 3.63) is 27.8 Å². The van der Waals surface area contributed by atoms with Crippen LogP contribution >= 0.6 is 22.6 Å². The van der Waals surface area contributed by atoms with Gasteiger partial charge in [-0.25, -0.2) is 0 Å². The van der Waals surface area contributed by atoms with E-state index in [2.05, 4.69) is 33.2 Å². The number of benzene rings is 1. The molecule has 0 bridgehead atoms. The second-order valence-electron chi connectivity index (χ2n) is 4.41. The molecule has 1 fully saturated rings. The summed E-state index contributed by atoms with van der Waals surface area (Å²) >= 11 is 2.26. The van der Waals surface area contributed by atoms with Crippen LogP contribution in [0.2, 0.25) is 0 Å². The van der Waals surface area contributed by atoms with E-state index in [1.165, 1.54) is 16.4 Å². The van der Waals surface area contributed by atoms with E-state index in [0.717, 1.165) is 18.5 Å². The molecule has 1 amide bonds. The summed E-state index contributed by atoms with van der Waals surface area (Å²) in [5.41, 5.74) is 0.999. The smallest absolute Gasteiger partial charge is 0.239 e. The molecule has 0 heterocycles. The van der Waals surface area contributed by atoms with Gasteiger partial charge in [0.25, 0.3) is 0 Å². The molecule has 1 aromatic rings. The van der Waals surface area contributed by atoms with Gasteiger partial charge in [0.15, 0.2) is 0 Å². The SMILES string of the molecule is O=C(CNc1cccc(I)c1)NC1CCCC1. The number of rotatable bonds is 4. The van der Waals surface area contributed by atoms with Crippen molar-refractivity contribution < 1.29 is 4.79 Å². The fraction of sp³-hybridized carbons (Fsp3) is 0.462. The van der Waals surface area contributed by atoms with Crippen molar-refractivity contribution in [1.82, 2.24) is 5.32 Å². The van der Waals surface area contributed by atoms with E-state index in [4.69, 9.17) is 0 Å². The van der Waals surface area contributed by atoms with Gasteiger partial charge in [-0.15, -0.1) is 0 Å². The van der Waals surface area contributed by atoms with Crippen LogP contribution in [0.3, 0.4) is 0 Å². The topological polar surface area (TPSA) is 41.1 Å². The van der Waals surface area contributed by atoms with Crippen molar-refractivity contribution in [2.24, 2.45) is 0 Å². The summed E-state index contributed by atoms with van der Waals surface area (Å²) in [4.78, 5) is 11.7. The summed E-state index contributed by atoms with van der Waals surface area (Å²) in [6, 6.07) is 8.43. The van der Waals surface area contributed by atoms with E-state index in [0.29, 0.717) is 12.6 Å². The lowest BCUT2D eigenvalue weighted by atomic mass is 10.2. The summed E-state index contributed by atoms with van der Waals surface area (Å²) in [6.07, 6.45) is 4.76. The number of anilines is 1. The molecule has 17 heavy (non-hydrogen) atoms. The van der Waals surface area contributed by atoms with E-state index in [1.807, 2.05) is 24.3 Å². The molecule has 0 unspecified atom stereocenters. The van der Waals surface area contributed by atoms with Crippen molar-refractivity contribution in [2.75, 3.05) is 11.9 Å². The molecule has 0 saturated heterocycles. The van der Waals surface area contributed by atoms with Crippen molar-refractivity contribution in [3.8, 4) is 0 Å². The number of carbonyl (C=O) groups is 1. The molecule has 4 heteroatoms. The summed E-state index contributed by atoms with van der Waals surface area (Å²) < 4.78 is 1.17. The lowest BCUT2D eigenvalue weighted by molar-refractivity contribution is -0.120. The Bertz CT molecular complexity index is 389. The fourth-order valence-electron chi connectivity index (χ4n) is 2.13. The highest BCUT2D eigenvalue weighted by atomic mass is 127. The fourth-order valence-corrected chi connectivity index (χ4v) is 2.67. The Labute approximate surface area is 116 Å². The Morgan fingerprint density at radius 1 is 1.35 bits per heavy atom. The van der Waals surface area contributed by atoms with E-state index >= 15 is 0 Å². The van der Waals surface area contributed by atoms with Crippen LogP contribution in [-0.2, 0) is 4.79 Å². The largest absolute Gasteiger partial charge is 0.376 e. The van der Waals surface area contributed by atoms with Crippen molar-refractivity contribution in [2.45, 2.75) is 31.7 Å². The van der Waals surface area contributed by atoms with Crippen LogP contribution in [0.15, 0.2) is 24.3 Å². The Balaban J connectivity index is 1.75. The molecular formula is C13H17IN2O. The standard InChI is InChI=1S/C13H17IN2O/c14-10-4-3-7-12(8-10)15-9-13(17)16-11-5-1-2-6-11/h3-4,7-8,11,15H,1-2,5-6,9H2,(H,16,17). The van der Waals surface area contributed by atoms with Gasteiger partial charge in [-0.3, -0.25) is 4.79 Å². The first-order chi connectivity index (χ1) is 8.24. The lowest BCUT2D eigenvalue weighted by Crippen LogP contribution is -2.36. The molecule has 1 saturated carbocycles. The van der Waals surface area contributed by atoms with Crippen LogP contribution in [-0.4, -0.2) is 18.5 Å². The summed E-state index contributed by atoms with van der Waals surface area (Å²) in [5, 5.41) is 6.20. The molecule has 1 aliphatic carbocycles. The van der Waals surface area contributed by atoms with Gasteiger partial charge in [0, 0.05) is 15.3 Å². The first kappa shape index (κ1) is 12.7. The third kappa shape index (κ3) is 4.18. The highest BCUT2D eigenvalue weighted by molar-refractivity contribution is 14.1. The number of amides is 1. The van der Waals surface area contributed by atoms with Crippen molar-refractivity contribution >= 4 is 34.2 Å². The third-order valence-electron chi connectivity index (χ3n) is 3.00. The molecule has 1 aromatic carbocycles. The Morgan fingerprint density at radius 3 is 2.82 bits per heavy atom. The van der Waals surface area contributed by atoms with Crippen LogP contribution in [0.25, 0.3) is 0 Å². The van der Waals surface area contributed by atoms with Gasteiger partial charge < -0.3 is 10.6 Å². The van der Waals surface area contributed by atoms with E-state index in [9.17, 15) is 4.79 Å². The van der Waals surface area contributed by atoms with E-state index in [1.54, 1.807) is 0 Å². The Morgan fingerprint density at radius 2 is 2.12 bits per heavy atom. The predicted octanol–water partition coefficient (Wildman–Crippen LogP) is 2.76. The van der Waals surface area contributed by atoms with Crippen LogP contribution in [0.4, 0.5) is 5.69 Å². The molecule has 2 N–H and O–H groups in total. The van der Waals surface area contributed by atoms with E-state index < -0.39 is 0 Å². The Hall–Kier alpha value is -0.780. The van der Waals surface area contributed by atoms with Gasteiger partial charge in [0.2, 0.25) is 5.91 Å². The van der Waals surface area contributed by atoms with E-state index in [-0.39, 0.29) is 5.91 Å². The lowest BCUT2D eigenvalue weighted by Gasteiger charge is -2.12. The predicted molar refractivity (Wildman–Crippen MR) is 78.0 cm³/mol. The highest BCUT2D eigenvalue weighted by Crippen LogP contribution is 2.17. The molecule has 0 spiro atoms. The zero-order chi connectivity index (χ0) is 12.1. The minimum atomic E-state index is 0.0933. The highest BCUT2D eigenvalue weighted by Gasteiger charge is 2.16. The summed E-state index contributed by atoms with van der Waals surface area (Å²) in [6.45, 7) is 0.358. The Kier molecular flexibility index (Phi) is 4.65. The number of halogens is 1. The van der Waals surface area contributed by atoms with Gasteiger partial charge in [-0.1, -0.05) is 18.9 Å². The molecule has 0 atom stereocenters. The molecule has 0 aliphatic heterocycles. The number of hydrogen-bond acceptors (Lipinski definition) is 2. The quantitative estimate of drug-likeness (QED) is 0.825. The molecule has 1 aliphatic rings. The molecule has 0 aromatic heterocycles. The first-order valence-electron chi connectivity index (χ1n) is 6.03. The van der Waals surface area contributed by atoms with Gasteiger partial charge in [-0.2, -0.15) is 0 Å². The minimum absolute atomic E-state index is 0.0933. The van der Waals surface area contributed by atoms with Crippen LogP contribution in [0.5, 0.6) is 0 Å². The molecular weight excluding hydrogens is 327 g/mol. The molecule has 92 valence electrons. The van der Waals surface area contributed by atoms with Crippen LogP contribution in [0, 0.1) is 3.57 Å². The molecule has 2 rings (SSSR count). The minimum Gasteiger partial charge on any atom is -0.376 e. The van der Waals surface area contributed by atoms with Gasteiger partial charge >= 0.3 is 0 Å².